The minimum Gasteiger partial charge on any atom is -0.465 e. The maximum absolute atomic E-state index is 12.7. The molecule has 1 fully saturated rings. The second kappa shape index (κ2) is 17.9. The number of thiol groups is 1. The van der Waals surface area contributed by atoms with Crippen molar-refractivity contribution in [3.63, 3.8) is 0 Å². The van der Waals surface area contributed by atoms with Crippen LogP contribution >= 0.6 is 12.9 Å². The first-order valence-corrected chi connectivity index (χ1v) is 12.6. The molecule has 6 heteroatoms. The molecule has 0 aromatic heterocycles. The summed E-state index contributed by atoms with van der Waals surface area (Å²) in [6.07, 6.45) is 15.4. The monoisotopic (exact) mass is 444 g/mol. The molecular weight excluding hydrogens is 400 g/mol. The zero-order valence-corrected chi connectivity index (χ0v) is 20.1. The average Bonchev–Trinajstić information content (AvgIpc) is 2.77. The van der Waals surface area contributed by atoms with E-state index in [1.54, 1.807) is 0 Å². The highest BCUT2D eigenvalue weighted by molar-refractivity contribution is 7.75. The highest BCUT2D eigenvalue weighted by Gasteiger charge is 2.41. The van der Waals surface area contributed by atoms with Crippen molar-refractivity contribution in [1.82, 2.24) is 0 Å². The zero-order valence-electron chi connectivity index (χ0n) is 19.2. The predicted octanol–water partition coefficient (Wildman–Crippen LogP) is 6.44. The third-order valence-corrected chi connectivity index (χ3v) is 6.34. The lowest BCUT2D eigenvalue weighted by atomic mass is 9.78. The van der Waals surface area contributed by atoms with E-state index >= 15 is 0 Å². The van der Waals surface area contributed by atoms with Crippen LogP contribution in [0.1, 0.15) is 110 Å². The number of rotatable bonds is 17. The summed E-state index contributed by atoms with van der Waals surface area (Å²) in [7, 11) is 0. The summed E-state index contributed by atoms with van der Waals surface area (Å²) < 4.78 is 16.2. The van der Waals surface area contributed by atoms with Gasteiger partial charge in [0.1, 0.15) is 0 Å². The molecule has 0 N–H and O–H groups in total. The van der Waals surface area contributed by atoms with Crippen molar-refractivity contribution >= 4 is 24.8 Å². The lowest BCUT2D eigenvalue weighted by Gasteiger charge is -2.32. The average molecular weight is 445 g/mol. The summed E-state index contributed by atoms with van der Waals surface area (Å²) in [6.45, 7) is 5.26. The molecule has 0 saturated heterocycles. The molecule has 0 bridgehead atoms. The third kappa shape index (κ3) is 11.6. The second-order valence-electron chi connectivity index (χ2n) is 8.62. The van der Waals surface area contributed by atoms with Crippen LogP contribution in [0.15, 0.2) is 0 Å². The molecule has 0 aliphatic heterocycles. The van der Waals surface area contributed by atoms with E-state index in [2.05, 4.69) is 26.8 Å². The Hall–Kier alpha value is -0.750. The summed E-state index contributed by atoms with van der Waals surface area (Å²) in [5.41, 5.74) is 0. The summed E-state index contributed by atoms with van der Waals surface area (Å²) in [4.78, 5) is 25.3. The summed E-state index contributed by atoms with van der Waals surface area (Å²) >= 11 is 3.92. The predicted molar refractivity (Wildman–Crippen MR) is 123 cm³/mol. The highest BCUT2D eigenvalue weighted by atomic mass is 32.1. The molecule has 3 unspecified atom stereocenters. The van der Waals surface area contributed by atoms with Gasteiger partial charge in [0.25, 0.3) is 0 Å². The molecule has 0 aromatic carbocycles. The van der Waals surface area contributed by atoms with E-state index in [9.17, 15) is 9.59 Å². The van der Waals surface area contributed by atoms with Crippen molar-refractivity contribution in [2.24, 2.45) is 11.8 Å². The van der Waals surface area contributed by atoms with E-state index in [1.165, 1.54) is 51.4 Å². The lowest BCUT2D eigenvalue weighted by molar-refractivity contribution is -0.164. The topological polar surface area (TPSA) is 61.8 Å². The van der Waals surface area contributed by atoms with Crippen LogP contribution < -0.4 is 0 Å². The Bertz CT molecular complexity index is 457. The Labute approximate surface area is 189 Å². The van der Waals surface area contributed by atoms with Gasteiger partial charge in [0.15, 0.2) is 0 Å². The first kappa shape index (κ1) is 27.3. The molecule has 0 heterocycles. The molecule has 176 valence electrons. The van der Waals surface area contributed by atoms with Crippen LogP contribution in [0, 0.1) is 11.8 Å². The maximum Gasteiger partial charge on any atom is 0.309 e. The van der Waals surface area contributed by atoms with Crippen molar-refractivity contribution in [2.75, 3.05) is 13.2 Å². The Morgan fingerprint density at radius 2 is 1.17 bits per heavy atom. The molecule has 1 saturated carbocycles. The smallest absolute Gasteiger partial charge is 0.309 e. The van der Waals surface area contributed by atoms with E-state index < -0.39 is 11.8 Å². The van der Waals surface area contributed by atoms with Crippen LogP contribution in [0.4, 0.5) is 0 Å². The fraction of sp³-hybridized carbons (Fsp3) is 0.917. The number of unbranched alkanes of at least 4 members (excludes halogenated alkanes) is 10. The van der Waals surface area contributed by atoms with Gasteiger partial charge in [-0.15, -0.1) is 0 Å². The van der Waals surface area contributed by atoms with Crippen molar-refractivity contribution in [3.05, 3.63) is 0 Å². The molecule has 0 amide bonds. The second-order valence-corrected chi connectivity index (χ2v) is 8.83. The van der Waals surface area contributed by atoms with E-state index in [4.69, 9.17) is 13.7 Å². The van der Waals surface area contributed by atoms with Gasteiger partial charge in [0.2, 0.25) is 0 Å². The lowest BCUT2D eigenvalue weighted by Crippen LogP contribution is -2.39. The van der Waals surface area contributed by atoms with E-state index in [-0.39, 0.29) is 18.0 Å². The van der Waals surface area contributed by atoms with Gasteiger partial charge in [-0.25, -0.2) is 0 Å². The molecule has 0 aromatic rings. The number of hydrogen-bond acceptors (Lipinski definition) is 6. The molecule has 5 nitrogen and oxygen atoms in total. The van der Waals surface area contributed by atoms with Crippen molar-refractivity contribution in [1.29, 1.82) is 0 Å². The van der Waals surface area contributed by atoms with Crippen LogP contribution in [-0.2, 0) is 23.2 Å². The van der Waals surface area contributed by atoms with Gasteiger partial charge in [-0.2, -0.15) is 0 Å². The summed E-state index contributed by atoms with van der Waals surface area (Å²) in [6, 6.07) is 0. The summed E-state index contributed by atoms with van der Waals surface area (Å²) in [5, 5.41) is 0. The summed E-state index contributed by atoms with van der Waals surface area (Å²) in [5.74, 6) is -1.47. The number of carbonyl (C=O) groups is 2. The van der Waals surface area contributed by atoms with Gasteiger partial charge < -0.3 is 13.7 Å². The molecule has 0 spiro atoms. The molecular formula is C24H44O5S. The van der Waals surface area contributed by atoms with Gasteiger partial charge in [0.05, 0.1) is 31.2 Å². The molecule has 1 rings (SSSR count). The largest absolute Gasteiger partial charge is 0.465 e. The van der Waals surface area contributed by atoms with Gasteiger partial charge >= 0.3 is 11.9 Å². The van der Waals surface area contributed by atoms with Crippen molar-refractivity contribution in [2.45, 2.75) is 116 Å². The normalized spacial score (nSPS) is 21.4. The van der Waals surface area contributed by atoms with E-state index in [0.29, 0.717) is 32.5 Å². The number of ether oxygens (including phenoxy) is 2. The van der Waals surface area contributed by atoms with Crippen LogP contribution in [0.3, 0.4) is 0 Å². The van der Waals surface area contributed by atoms with Crippen LogP contribution in [0.2, 0.25) is 0 Å². The van der Waals surface area contributed by atoms with Gasteiger partial charge in [-0.1, -0.05) is 78.1 Å². The van der Waals surface area contributed by atoms with Gasteiger partial charge in [-0.3, -0.25) is 9.59 Å². The van der Waals surface area contributed by atoms with Crippen LogP contribution in [0.25, 0.3) is 0 Å². The minimum atomic E-state index is -0.493. The third-order valence-electron chi connectivity index (χ3n) is 6.04. The Balaban J connectivity index is 2.37. The molecule has 1 aliphatic carbocycles. The molecule has 1 aliphatic rings. The Kier molecular flexibility index (Phi) is 16.3. The van der Waals surface area contributed by atoms with Gasteiger partial charge in [-0.05, 0) is 45.0 Å². The first-order valence-electron chi connectivity index (χ1n) is 12.3. The molecule has 30 heavy (non-hydrogen) atoms. The number of hydrogen-bond donors (Lipinski definition) is 1. The highest BCUT2D eigenvalue weighted by Crippen LogP contribution is 2.34. The fourth-order valence-corrected chi connectivity index (χ4v) is 4.29. The Morgan fingerprint density at radius 3 is 1.67 bits per heavy atom. The fourth-order valence-electron chi connectivity index (χ4n) is 4.09. The van der Waals surface area contributed by atoms with Crippen molar-refractivity contribution in [3.8, 4) is 0 Å². The standard InChI is InChI=1S/C24H44O5S/c1-3-5-7-9-11-13-17-27-23(25)21-16-15-20(29-30)19-22(21)24(26)28-18-14-12-10-8-6-4-2/h20-22,30H,3-19H2,1-2H3. The zero-order chi connectivity index (χ0) is 22.0. The van der Waals surface area contributed by atoms with Gasteiger partial charge in [0, 0.05) is 0 Å². The van der Waals surface area contributed by atoms with E-state index in [1.807, 2.05) is 0 Å². The van der Waals surface area contributed by atoms with Crippen molar-refractivity contribution < 1.29 is 23.2 Å². The maximum atomic E-state index is 12.7. The number of esters is 2. The molecule has 0 radical (unpaired) electrons. The van der Waals surface area contributed by atoms with E-state index in [0.717, 1.165) is 25.7 Å². The van der Waals surface area contributed by atoms with Crippen LogP contribution in [-0.4, -0.2) is 31.3 Å². The number of carbonyl (C=O) groups excluding carboxylic acids is 2. The van der Waals surface area contributed by atoms with Crippen LogP contribution in [0.5, 0.6) is 0 Å². The quantitative estimate of drug-likeness (QED) is 0.121. The Morgan fingerprint density at radius 1 is 0.700 bits per heavy atom. The minimum absolute atomic E-state index is 0.123. The first-order chi connectivity index (χ1) is 14.6. The SMILES string of the molecule is CCCCCCCCOC(=O)C1CCC(OS)CC1C(=O)OCCCCCCCC. The molecule has 3 atom stereocenters.